The number of carboxylic acid groups (broad SMARTS) is 1. The van der Waals surface area contributed by atoms with Crippen LogP contribution in [0.15, 0.2) is 12.2 Å². The third-order valence-electron chi connectivity index (χ3n) is 0.996. The van der Waals surface area contributed by atoms with E-state index in [1.54, 1.807) is 0 Å². The van der Waals surface area contributed by atoms with E-state index in [0.717, 1.165) is 0 Å². The Kier molecular flexibility index (Phi) is 3.68. The molecule has 0 fully saturated rings. The van der Waals surface area contributed by atoms with Crippen LogP contribution in [0.3, 0.4) is 0 Å². The molecular formula is C6H10O4. The normalized spacial score (nSPS) is 12.6. The summed E-state index contributed by atoms with van der Waals surface area (Å²) in [5, 5.41) is 17.0. The van der Waals surface area contributed by atoms with Crippen molar-refractivity contribution in [2.24, 2.45) is 0 Å². The van der Waals surface area contributed by atoms with Crippen molar-refractivity contribution in [1.29, 1.82) is 0 Å². The quantitative estimate of drug-likeness (QED) is 0.432. The van der Waals surface area contributed by atoms with Crippen molar-refractivity contribution in [2.45, 2.75) is 12.7 Å². The molecule has 1 unspecified atom stereocenters. The molecule has 0 aromatic carbocycles. The zero-order valence-electron chi connectivity index (χ0n) is 5.70. The van der Waals surface area contributed by atoms with Gasteiger partial charge in [-0.2, -0.15) is 0 Å². The highest BCUT2D eigenvalue weighted by molar-refractivity contribution is 5.85. The summed E-state index contributed by atoms with van der Waals surface area (Å²) < 4.78 is 4.40. The van der Waals surface area contributed by atoms with Crippen LogP contribution in [0.1, 0.15) is 6.42 Å². The Hall–Kier alpha value is -0.870. The predicted molar refractivity (Wildman–Crippen MR) is 34.4 cm³/mol. The van der Waals surface area contributed by atoms with Gasteiger partial charge in [-0.1, -0.05) is 6.58 Å². The van der Waals surface area contributed by atoms with Crippen molar-refractivity contribution in [3.8, 4) is 0 Å². The lowest BCUT2D eigenvalue weighted by Gasteiger charge is -2.06. The molecule has 0 heterocycles. The van der Waals surface area contributed by atoms with E-state index in [2.05, 4.69) is 11.3 Å². The van der Waals surface area contributed by atoms with E-state index >= 15 is 0 Å². The lowest BCUT2D eigenvalue weighted by atomic mass is 10.2. The molecule has 0 saturated heterocycles. The number of aliphatic carboxylic acids is 1. The minimum atomic E-state index is -1.11. The van der Waals surface area contributed by atoms with Crippen molar-refractivity contribution < 1.29 is 19.7 Å². The predicted octanol–water partition coefficient (Wildman–Crippen LogP) is -0.0179. The van der Waals surface area contributed by atoms with Crippen LogP contribution in [-0.4, -0.2) is 29.6 Å². The number of aliphatic hydroxyl groups excluding tert-OH is 1. The fourth-order valence-electron chi connectivity index (χ4n) is 0.381. The zero-order valence-corrected chi connectivity index (χ0v) is 5.70. The first-order chi connectivity index (χ1) is 4.57. The Bertz CT molecular complexity index is 141. The summed E-state index contributed by atoms with van der Waals surface area (Å²) in [5.74, 6) is -1.11. The molecule has 58 valence electrons. The first-order valence-electron chi connectivity index (χ1n) is 2.70. The largest absolute Gasteiger partial charge is 0.478 e. The third kappa shape index (κ3) is 3.21. The summed E-state index contributed by atoms with van der Waals surface area (Å²) in [7, 11) is 1.29. The molecule has 0 spiro atoms. The van der Waals surface area contributed by atoms with E-state index in [9.17, 15) is 4.79 Å². The summed E-state index contributed by atoms with van der Waals surface area (Å²) in [4.78, 5) is 10.1. The average Bonchev–Trinajstić information content (AvgIpc) is 1.87. The molecule has 0 saturated carbocycles. The van der Waals surface area contributed by atoms with Crippen LogP contribution in [-0.2, 0) is 9.53 Å². The minimum Gasteiger partial charge on any atom is -0.478 e. The molecule has 0 aliphatic carbocycles. The number of carbonyl (C=O) groups is 1. The van der Waals surface area contributed by atoms with Crippen LogP contribution in [0.5, 0.6) is 0 Å². The van der Waals surface area contributed by atoms with Gasteiger partial charge in [0.15, 0.2) is 6.29 Å². The molecule has 4 heteroatoms. The molecule has 0 aromatic heterocycles. The monoisotopic (exact) mass is 146 g/mol. The SMILES string of the molecule is C=C(CC(O)OC)C(=O)O. The second-order valence-corrected chi connectivity index (χ2v) is 1.80. The van der Waals surface area contributed by atoms with E-state index in [0.29, 0.717) is 0 Å². The van der Waals surface area contributed by atoms with Gasteiger partial charge >= 0.3 is 5.97 Å². The fraction of sp³-hybridized carbons (Fsp3) is 0.500. The van der Waals surface area contributed by atoms with Gasteiger partial charge in [0.25, 0.3) is 0 Å². The lowest BCUT2D eigenvalue weighted by Crippen LogP contribution is -2.13. The molecule has 0 aliphatic heterocycles. The molecule has 0 aromatic rings. The molecular weight excluding hydrogens is 136 g/mol. The summed E-state index contributed by atoms with van der Waals surface area (Å²) in [6.07, 6.45) is -1.13. The molecule has 1 atom stereocenters. The lowest BCUT2D eigenvalue weighted by molar-refractivity contribution is -0.134. The van der Waals surface area contributed by atoms with Gasteiger partial charge in [0.1, 0.15) is 0 Å². The van der Waals surface area contributed by atoms with E-state index in [1.165, 1.54) is 7.11 Å². The Labute approximate surface area is 58.7 Å². The van der Waals surface area contributed by atoms with Crippen LogP contribution < -0.4 is 0 Å². The Morgan fingerprint density at radius 2 is 2.30 bits per heavy atom. The van der Waals surface area contributed by atoms with Crippen molar-refractivity contribution in [3.63, 3.8) is 0 Å². The molecule has 0 amide bonds. The maximum absolute atomic E-state index is 10.1. The number of ether oxygens (including phenoxy) is 1. The molecule has 0 rings (SSSR count). The summed E-state index contributed by atoms with van der Waals surface area (Å²) in [5.41, 5.74) is -0.0608. The van der Waals surface area contributed by atoms with Crippen LogP contribution in [0.2, 0.25) is 0 Å². The number of aliphatic hydroxyl groups is 1. The van der Waals surface area contributed by atoms with Gasteiger partial charge in [-0.3, -0.25) is 0 Å². The number of rotatable bonds is 4. The molecule has 2 N–H and O–H groups in total. The standard InChI is InChI=1S/C6H10O4/c1-4(6(8)9)3-5(7)10-2/h5,7H,1,3H2,2H3,(H,8,9). The van der Waals surface area contributed by atoms with E-state index in [1.807, 2.05) is 0 Å². The van der Waals surface area contributed by atoms with Gasteiger partial charge in [-0.15, -0.1) is 0 Å². The van der Waals surface area contributed by atoms with Crippen LogP contribution in [0.4, 0.5) is 0 Å². The first-order valence-corrected chi connectivity index (χ1v) is 2.70. The zero-order chi connectivity index (χ0) is 8.15. The minimum absolute atomic E-state index is 0.0608. The van der Waals surface area contributed by atoms with Crippen LogP contribution in [0, 0.1) is 0 Å². The van der Waals surface area contributed by atoms with Crippen molar-refractivity contribution in [1.82, 2.24) is 0 Å². The van der Waals surface area contributed by atoms with E-state index in [-0.39, 0.29) is 12.0 Å². The number of hydrogen-bond donors (Lipinski definition) is 2. The van der Waals surface area contributed by atoms with Crippen LogP contribution >= 0.6 is 0 Å². The van der Waals surface area contributed by atoms with Gasteiger partial charge in [0, 0.05) is 19.1 Å². The van der Waals surface area contributed by atoms with Gasteiger partial charge in [-0.05, 0) is 0 Å². The Morgan fingerprint density at radius 3 is 2.60 bits per heavy atom. The second kappa shape index (κ2) is 4.03. The van der Waals surface area contributed by atoms with Gasteiger partial charge in [-0.25, -0.2) is 4.79 Å². The second-order valence-electron chi connectivity index (χ2n) is 1.80. The maximum atomic E-state index is 10.1. The first kappa shape index (κ1) is 9.13. The van der Waals surface area contributed by atoms with Crippen molar-refractivity contribution in [2.75, 3.05) is 7.11 Å². The van der Waals surface area contributed by atoms with Crippen LogP contribution in [0.25, 0.3) is 0 Å². The molecule has 0 radical (unpaired) electrons. The highest BCUT2D eigenvalue weighted by Crippen LogP contribution is 2.02. The van der Waals surface area contributed by atoms with Gasteiger partial charge in [0.05, 0.1) is 0 Å². The molecule has 4 nitrogen and oxygen atoms in total. The number of methoxy groups -OCH3 is 1. The molecule has 0 bridgehead atoms. The molecule has 0 aliphatic rings. The summed E-state index contributed by atoms with van der Waals surface area (Å²) >= 11 is 0. The van der Waals surface area contributed by atoms with Gasteiger partial charge < -0.3 is 14.9 Å². The average molecular weight is 146 g/mol. The van der Waals surface area contributed by atoms with Crippen molar-refractivity contribution in [3.05, 3.63) is 12.2 Å². The highest BCUT2D eigenvalue weighted by atomic mass is 16.6. The topological polar surface area (TPSA) is 66.8 Å². The number of hydrogen-bond acceptors (Lipinski definition) is 3. The summed E-state index contributed by atoms with van der Waals surface area (Å²) in [6.45, 7) is 3.20. The summed E-state index contributed by atoms with van der Waals surface area (Å²) in [6, 6.07) is 0. The van der Waals surface area contributed by atoms with E-state index in [4.69, 9.17) is 10.2 Å². The van der Waals surface area contributed by atoms with E-state index < -0.39 is 12.3 Å². The highest BCUT2D eigenvalue weighted by Gasteiger charge is 2.09. The third-order valence-corrected chi connectivity index (χ3v) is 0.996. The Balaban J connectivity index is 3.68. The smallest absolute Gasteiger partial charge is 0.331 e. The number of carboxylic acids is 1. The van der Waals surface area contributed by atoms with Crippen molar-refractivity contribution >= 4 is 5.97 Å². The Morgan fingerprint density at radius 1 is 1.80 bits per heavy atom. The van der Waals surface area contributed by atoms with Gasteiger partial charge in [0.2, 0.25) is 0 Å². The molecule has 10 heavy (non-hydrogen) atoms. The fourth-order valence-corrected chi connectivity index (χ4v) is 0.381. The maximum Gasteiger partial charge on any atom is 0.331 e.